The Morgan fingerprint density at radius 1 is 1.18 bits per heavy atom. The zero-order valence-corrected chi connectivity index (χ0v) is 13.1. The fraction of sp³-hybridized carbons (Fsp3) is 1.00. The maximum absolute atomic E-state index is 3.62. The quantitative estimate of drug-likeness (QED) is 0.667. The Morgan fingerprint density at radius 3 is 2.24 bits per heavy atom. The van der Waals surface area contributed by atoms with E-state index < -0.39 is 0 Å². The van der Waals surface area contributed by atoms with Crippen LogP contribution in [0.2, 0.25) is 0 Å². The summed E-state index contributed by atoms with van der Waals surface area (Å²) in [6.45, 7) is 17.4. The molecule has 0 rings (SSSR count). The van der Waals surface area contributed by atoms with Crippen LogP contribution in [-0.2, 0) is 0 Å². The molecule has 17 heavy (non-hydrogen) atoms. The topological polar surface area (TPSA) is 15.3 Å². The first-order chi connectivity index (χ1) is 7.83. The summed E-state index contributed by atoms with van der Waals surface area (Å²) in [5, 5.41) is 3.62. The lowest BCUT2D eigenvalue weighted by Gasteiger charge is -2.37. The van der Waals surface area contributed by atoms with Crippen molar-refractivity contribution in [2.75, 3.05) is 26.7 Å². The number of hydrogen-bond donors (Lipinski definition) is 1. The van der Waals surface area contributed by atoms with E-state index in [2.05, 4.69) is 58.8 Å². The van der Waals surface area contributed by atoms with Crippen molar-refractivity contribution >= 4 is 0 Å². The predicted molar refractivity (Wildman–Crippen MR) is 78.5 cm³/mol. The molecule has 2 nitrogen and oxygen atoms in total. The summed E-state index contributed by atoms with van der Waals surface area (Å²) < 4.78 is 0. The highest BCUT2D eigenvalue weighted by Crippen LogP contribution is 2.22. The number of nitrogens with one attached hydrogen (secondary N) is 1. The lowest BCUT2D eigenvalue weighted by molar-refractivity contribution is 0.151. The molecule has 0 heterocycles. The summed E-state index contributed by atoms with van der Waals surface area (Å²) in [6.07, 6.45) is 2.48. The third-order valence-electron chi connectivity index (χ3n) is 3.87. The predicted octanol–water partition coefficient (Wildman–Crippen LogP) is 3.38. The van der Waals surface area contributed by atoms with Gasteiger partial charge in [0.1, 0.15) is 0 Å². The zero-order valence-electron chi connectivity index (χ0n) is 13.1. The van der Waals surface area contributed by atoms with Gasteiger partial charge in [0.05, 0.1) is 0 Å². The Labute approximate surface area is 109 Å². The van der Waals surface area contributed by atoms with Gasteiger partial charge in [-0.3, -0.25) is 0 Å². The Balaban J connectivity index is 4.13. The van der Waals surface area contributed by atoms with Gasteiger partial charge in [0.25, 0.3) is 0 Å². The molecule has 0 aromatic carbocycles. The first kappa shape index (κ1) is 16.9. The fourth-order valence-electron chi connectivity index (χ4n) is 2.20. The highest BCUT2D eigenvalue weighted by Gasteiger charge is 2.26. The molecule has 0 aromatic rings. The second kappa shape index (κ2) is 8.10. The smallest absolute Gasteiger partial charge is 0.0102 e. The third kappa shape index (κ3) is 7.05. The molecule has 0 aromatic heterocycles. The first-order valence-corrected chi connectivity index (χ1v) is 7.25. The number of rotatable bonds is 9. The minimum atomic E-state index is 0.331. The average Bonchev–Trinajstić information content (AvgIpc) is 2.24. The van der Waals surface area contributed by atoms with Crippen LogP contribution in [0.5, 0.6) is 0 Å². The Morgan fingerprint density at radius 2 is 1.76 bits per heavy atom. The maximum atomic E-state index is 3.62. The summed E-state index contributed by atoms with van der Waals surface area (Å²) in [5.74, 6) is 0.801. The van der Waals surface area contributed by atoms with Crippen LogP contribution in [0.4, 0.5) is 0 Å². The largest absolute Gasteiger partial charge is 0.314 e. The highest BCUT2D eigenvalue weighted by atomic mass is 15.1. The van der Waals surface area contributed by atoms with Crippen LogP contribution in [0, 0.1) is 11.3 Å². The molecule has 2 atom stereocenters. The van der Waals surface area contributed by atoms with Gasteiger partial charge in [0.15, 0.2) is 0 Å². The van der Waals surface area contributed by atoms with Crippen molar-refractivity contribution in [3.63, 3.8) is 0 Å². The molecule has 0 saturated carbocycles. The monoisotopic (exact) mass is 242 g/mol. The molecule has 104 valence electrons. The molecule has 0 fully saturated rings. The van der Waals surface area contributed by atoms with Crippen molar-refractivity contribution in [1.82, 2.24) is 10.2 Å². The molecular formula is C15H34N2. The van der Waals surface area contributed by atoms with Crippen molar-refractivity contribution < 1.29 is 0 Å². The Bertz CT molecular complexity index is 189. The lowest BCUT2D eigenvalue weighted by Crippen LogP contribution is -2.46. The molecule has 2 unspecified atom stereocenters. The van der Waals surface area contributed by atoms with Crippen LogP contribution in [0.25, 0.3) is 0 Å². The summed E-state index contributed by atoms with van der Waals surface area (Å²) >= 11 is 0. The molecule has 0 bridgehead atoms. The summed E-state index contributed by atoms with van der Waals surface area (Å²) in [6, 6.07) is 0.571. The van der Waals surface area contributed by atoms with Crippen molar-refractivity contribution in [2.24, 2.45) is 11.3 Å². The molecule has 1 N–H and O–H groups in total. The van der Waals surface area contributed by atoms with E-state index in [4.69, 9.17) is 0 Å². The summed E-state index contributed by atoms with van der Waals surface area (Å²) in [5.41, 5.74) is 0.331. The van der Waals surface area contributed by atoms with E-state index >= 15 is 0 Å². The van der Waals surface area contributed by atoms with Crippen LogP contribution in [0.1, 0.15) is 54.4 Å². The van der Waals surface area contributed by atoms with Crippen molar-refractivity contribution in [3.05, 3.63) is 0 Å². The van der Waals surface area contributed by atoms with E-state index in [1.165, 1.54) is 19.4 Å². The molecule has 0 aliphatic rings. The number of hydrogen-bond acceptors (Lipinski definition) is 2. The number of nitrogens with zero attached hydrogens (tertiary/aromatic N) is 1. The van der Waals surface area contributed by atoms with Gasteiger partial charge in [-0.2, -0.15) is 0 Å². The second-order valence-corrected chi connectivity index (χ2v) is 6.37. The molecule has 0 radical (unpaired) electrons. The van der Waals surface area contributed by atoms with Gasteiger partial charge in [-0.25, -0.2) is 0 Å². The molecule has 0 aliphatic heterocycles. The van der Waals surface area contributed by atoms with Gasteiger partial charge in [-0.1, -0.05) is 41.0 Å². The van der Waals surface area contributed by atoms with Crippen LogP contribution < -0.4 is 5.32 Å². The first-order valence-electron chi connectivity index (χ1n) is 7.25. The maximum Gasteiger partial charge on any atom is 0.0102 e. The van der Waals surface area contributed by atoms with Crippen molar-refractivity contribution in [2.45, 2.75) is 60.4 Å². The highest BCUT2D eigenvalue weighted by molar-refractivity contribution is 4.83. The summed E-state index contributed by atoms with van der Waals surface area (Å²) in [7, 11) is 2.25. The fourth-order valence-corrected chi connectivity index (χ4v) is 2.20. The van der Waals surface area contributed by atoms with Crippen LogP contribution >= 0.6 is 0 Å². The van der Waals surface area contributed by atoms with Crippen molar-refractivity contribution in [1.29, 1.82) is 0 Å². The van der Waals surface area contributed by atoms with Crippen molar-refractivity contribution in [3.8, 4) is 0 Å². The lowest BCUT2D eigenvalue weighted by atomic mass is 9.84. The van der Waals surface area contributed by atoms with Crippen LogP contribution in [0.3, 0.4) is 0 Å². The Kier molecular flexibility index (Phi) is 8.06. The van der Waals surface area contributed by atoms with Gasteiger partial charge in [0.2, 0.25) is 0 Å². The van der Waals surface area contributed by atoms with E-state index in [9.17, 15) is 0 Å². The van der Waals surface area contributed by atoms with Crippen LogP contribution in [-0.4, -0.2) is 37.6 Å². The van der Waals surface area contributed by atoms with E-state index in [0.29, 0.717) is 11.5 Å². The second-order valence-electron chi connectivity index (χ2n) is 6.37. The zero-order chi connectivity index (χ0) is 13.5. The van der Waals surface area contributed by atoms with E-state index in [1.807, 2.05) is 0 Å². The van der Waals surface area contributed by atoms with E-state index in [1.54, 1.807) is 0 Å². The van der Waals surface area contributed by atoms with Gasteiger partial charge < -0.3 is 10.2 Å². The standard InChI is InChI=1S/C15H34N2/c1-8-10-16-14(4)15(5,6)12-17(7)11-13(3)9-2/h13-14,16H,8-12H2,1-7H3. The molecule has 0 saturated heterocycles. The molecular weight excluding hydrogens is 208 g/mol. The van der Waals surface area contributed by atoms with E-state index in [0.717, 1.165) is 19.0 Å². The minimum absolute atomic E-state index is 0.331. The Hall–Kier alpha value is -0.0800. The normalized spacial score (nSPS) is 16.2. The molecule has 0 amide bonds. The summed E-state index contributed by atoms with van der Waals surface area (Å²) in [4.78, 5) is 2.48. The van der Waals surface area contributed by atoms with E-state index in [-0.39, 0.29) is 0 Å². The minimum Gasteiger partial charge on any atom is -0.314 e. The van der Waals surface area contributed by atoms with Crippen LogP contribution in [0.15, 0.2) is 0 Å². The van der Waals surface area contributed by atoms with Gasteiger partial charge in [0, 0.05) is 19.1 Å². The molecule has 0 aliphatic carbocycles. The molecule has 0 spiro atoms. The average molecular weight is 242 g/mol. The van der Waals surface area contributed by atoms with Gasteiger partial charge >= 0.3 is 0 Å². The van der Waals surface area contributed by atoms with Gasteiger partial charge in [-0.15, -0.1) is 0 Å². The third-order valence-corrected chi connectivity index (χ3v) is 3.87. The SMILES string of the molecule is CCCNC(C)C(C)(C)CN(C)CC(C)CC. The van der Waals surface area contributed by atoms with Gasteiger partial charge in [-0.05, 0) is 38.3 Å². The molecule has 2 heteroatoms.